The van der Waals surface area contributed by atoms with Crippen molar-refractivity contribution < 1.29 is 22.0 Å². The van der Waals surface area contributed by atoms with Gasteiger partial charge in [0.05, 0.1) is 10.6 Å². The molecule has 1 aromatic carbocycles. The molecule has 1 heterocycles. The predicted molar refractivity (Wildman–Crippen MR) is 53.5 cm³/mol. The quantitative estimate of drug-likeness (QED) is 0.574. The second-order valence-electron chi connectivity index (χ2n) is 3.33. The van der Waals surface area contributed by atoms with Crippen LogP contribution in [0.5, 0.6) is 0 Å². The molecule has 0 unspecified atom stereocenters. The molecule has 0 bridgehead atoms. The summed E-state index contributed by atoms with van der Waals surface area (Å²) in [6, 6.07) is 1.72. The highest BCUT2D eigenvalue weighted by Crippen LogP contribution is 2.37. The van der Waals surface area contributed by atoms with Crippen molar-refractivity contribution in [1.82, 2.24) is 9.78 Å². The van der Waals surface area contributed by atoms with E-state index in [0.29, 0.717) is 6.07 Å². The maximum Gasteiger partial charge on any atom is 0.419 e. The molecule has 0 N–H and O–H groups in total. The summed E-state index contributed by atoms with van der Waals surface area (Å²) in [5.74, 6) is -3.70. The zero-order chi connectivity index (χ0) is 13.5. The standard InChI is InChI=1S/C10H4ClF5N2/c11-6-4-5(10(14,15)16)7(12)8(13)9(6)18-3-1-2-17-18/h1-4H. The number of halogens is 6. The summed E-state index contributed by atoms with van der Waals surface area (Å²) in [4.78, 5) is 0. The Balaban J connectivity index is 2.70. The van der Waals surface area contributed by atoms with Gasteiger partial charge in [-0.2, -0.15) is 18.3 Å². The number of rotatable bonds is 1. The van der Waals surface area contributed by atoms with Crippen LogP contribution in [0, 0.1) is 11.6 Å². The second-order valence-corrected chi connectivity index (χ2v) is 3.74. The van der Waals surface area contributed by atoms with E-state index >= 15 is 0 Å². The summed E-state index contributed by atoms with van der Waals surface area (Å²) in [6.45, 7) is 0. The van der Waals surface area contributed by atoms with Crippen molar-refractivity contribution in [3.8, 4) is 5.69 Å². The van der Waals surface area contributed by atoms with E-state index in [0.717, 1.165) is 4.68 Å². The Morgan fingerprint density at radius 3 is 2.33 bits per heavy atom. The third kappa shape index (κ3) is 2.05. The minimum Gasteiger partial charge on any atom is -0.236 e. The summed E-state index contributed by atoms with van der Waals surface area (Å²) in [6.07, 6.45) is -2.53. The molecule has 0 fully saturated rings. The summed E-state index contributed by atoms with van der Waals surface area (Å²) in [5, 5.41) is 3.01. The fourth-order valence-electron chi connectivity index (χ4n) is 1.40. The number of hydrogen-bond donors (Lipinski definition) is 0. The van der Waals surface area contributed by atoms with Crippen LogP contribution in [0.4, 0.5) is 22.0 Å². The molecule has 0 aliphatic rings. The van der Waals surface area contributed by atoms with Gasteiger partial charge in [-0.3, -0.25) is 0 Å². The summed E-state index contributed by atoms with van der Waals surface area (Å²) in [5.41, 5.74) is -2.31. The molecule has 0 aliphatic heterocycles. The van der Waals surface area contributed by atoms with Crippen LogP contribution in [0.25, 0.3) is 5.69 Å². The molecule has 2 nitrogen and oxygen atoms in total. The lowest BCUT2D eigenvalue weighted by Gasteiger charge is -2.12. The molecule has 0 atom stereocenters. The Kier molecular flexibility index (Phi) is 3.02. The Hall–Kier alpha value is -1.63. The third-order valence-electron chi connectivity index (χ3n) is 2.17. The van der Waals surface area contributed by atoms with E-state index in [2.05, 4.69) is 5.10 Å². The molecule has 0 saturated carbocycles. The van der Waals surface area contributed by atoms with Gasteiger partial charge in [0.25, 0.3) is 0 Å². The first-order valence-corrected chi connectivity index (χ1v) is 4.95. The molecule has 0 radical (unpaired) electrons. The van der Waals surface area contributed by atoms with E-state index in [1.807, 2.05) is 0 Å². The van der Waals surface area contributed by atoms with Gasteiger partial charge in [0, 0.05) is 12.4 Å². The van der Waals surface area contributed by atoms with Crippen LogP contribution >= 0.6 is 11.6 Å². The normalized spacial score (nSPS) is 11.9. The maximum atomic E-state index is 13.6. The van der Waals surface area contributed by atoms with E-state index < -0.39 is 34.1 Å². The molecule has 0 saturated heterocycles. The largest absolute Gasteiger partial charge is 0.419 e. The Morgan fingerprint density at radius 2 is 1.83 bits per heavy atom. The Morgan fingerprint density at radius 1 is 1.17 bits per heavy atom. The molecule has 2 rings (SSSR count). The van der Waals surface area contributed by atoms with Crippen molar-refractivity contribution in [3.05, 3.63) is 46.7 Å². The van der Waals surface area contributed by atoms with Gasteiger partial charge >= 0.3 is 6.18 Å². The van der Waals surface area contributed by atoms with Crippen LogP contribution in [-0.4, -0.2) is 9.78 Å². The van der Waals surface area contributed by atoms with Crippen LogP contribution in [0.3, 0.4) is 0 Å². The Labute approximate surface area is 103 Å². The van der Waals surface area contributed by atoms with Gasteiger partial charge < -0.3 is 0 Å². The van der Waals surface area contributed by atoms with Crippen LogP contribution in [-0.2, 0) is 6.18 Å². The monoisotopic (exact) mass is 282 g/mol. The topological polar surface area (TPSA) is 17.8 Å². The first kappa shape index (κ1) is 12.8. The van der Waals surface area contributed by atoms with E-state index in [1.165, 1.54) is 18.5 Å². The molecular weight excluding hydrogens is 279 g/mol. The van der Waals surface area contributed by atoms with Crippen LogP contribution in [0.1, 0.15) is 5.56 Å². The maximum absolute atomic E-state index is 13.6. The molecule has 2 aromatic rings. The fraction of sp³-hybridized carbons (Fsp3) is 0.100. The average molecular weight is 283 g/mol. The minimum atomic E-state index is -5.02. The fourth-order valence-corrected chi connectivity index (χ4v) is 1.68. The first-order chi connectivity index (χ1) is 8.32. The van der Waals surface area contributed by atoms with Gasteiger partial charge in [-0.15, -0.1) is 0 Å². The lowest BCUT2D eigenvalue weighted by molar-refractivity contribution is -0.140. The average Bonchev–Trinajstić information content (AvgIpc) is 2.75. The van der Waals surface area contributed by atoms with E-state index in [9.17, 15) is 22.0 Å². The van der Waals surface area contributed by atoms with Gasteiger partial charge in [0.1, 0.15) is 5.69 Å². The zero-order valence-corrected chi connectivity index (χ0v) is 9.23. The highest BCUT2D eigenvalue weighted by atomic mass is 35.5. The van der Waals surface area contributed by atoms with Crippen LogP contribution in [0.15, 0.2) is 24.5 Å². The van der Waals surface area contributed by atoms with Crippen molar-refractivity contribution in [2.45, 2.75) is 6.18 Å². The number of aromatic nitrogens is 2. The minimum absolute atomic E-state index is 0.330. The van der Waals surface area contributed by atoms with Gasteiger partial charge in [0.2, 0.25) is 0 Å². The first-order valence-electron chi connectivity index (χ1n) is 4.57. The van der Waals surface area contributed by atoms with E-state index in [-0.39, 0.29) is 0 Å². The molecule has 96 valence electrons. The Bertz CT molecular complexity index is 577. The molecule has 0 amide bonds. The van der Waals surface area contributed by atoms with Crippen molar-refractivity contribution >= 4 is 11.6 Å². The zero-order valence-electron chi connectivity index (χ0n) is 8.47. The highest BCUT2D eigenvalue weighted by Gasteiger charge is 2.37. The van der Waals surface area contributed by atoms with Crippen molar-refractivity contribution in [2.75, 3.05) is 0 Å². The molecule has 18 heavy (non-hydrogen) atoms. The molecule has 0 spiro atoms. The number of alkyl halides is 3. The van der Waals surface area contributed by atoms with Crippen molar-refractivity contribution in [2.24, 2.45) is 0 Å². The lowest BCUT2D eigenvalue weighted by Crippen LogP contribution is -2.12. The van der Waals surface area contributed by atoms with Crippen LogP contribution in [0.2, 0.25) is 5.02 Å². The summed E-state index contributed by atoms with van der Waals surface area (Å²) < 4.78 is 65.0. The molecular formula is C10H4ClF5N2. The van der Waals surface area contributed by atoms with Gasteiger partial charge in [-0.05, 0) is 12.1 Å². The smallest absolute Gasteiger partial charge is 0.236 e. The lowest BCUT2D eigenvalue weighted by atomic mass is 10.1. The molecule has 1 aromatic heterocycles. The second kappa shape index (κ2) is 4.24. The number of hydrogen-bond acceptors (Lipinski definition) is 1. The SMILES string of the molecule is Fc1c(C(F)(F)F)cc(Cl)c(-n2cccn2)c1F. The highest BCUT2D eigenvalue weighted by molar-refractivity contribution is 6.32. The third-order valence-corrected chi connectivity index (χ3v) is 2.46. The van der Waals surface area contributed by atoms with Crippen LogP contribution < -0.4 is 0 Å². The van der Waals surface area contributed by atoms with Gasteiger partial charge in [-0.1, -0.05) is 11.6 Å². The number of nitrogens with zero attached hydrogens (tertiary/aromatic N) is 2. The van der Waals surface area contributed by atoms with Gasteiger partial charge in [0.15, 0.2) is 11.6 Å². The summed E-state index contributed by atoms with van der Waals surface area (Å²) >= 11 is 5.54. The molecule has 0 aliphatic carbocycles. The predicted octanol–water partition coefficient (Wildman–Crippen LogP) is 3.82. The van der Waals surface area contributed by atoms with E-state index in [1.54, 1.807) is 0 Å². The summed E-state index contributed by atoms with van der Waals surface area (Å²) in [7, 11) is 0. The van der Waals surface area contributed by atoms with Gasteiger partial charge in [-0.25, -0.2) is 13.5 Å². The number of benzene rings is 1. The van der Waals surface area contributed by atoms with Crippen molar-refractivity contribution in [3.63, 3.8) is 0 Å². The van der Waals surface area contributed by atoms with E-state index in [4.69, 9.17) is 11.6 Å². The van der Waals surface area contributed by atoms with Crippen molar-refractivity contribution in [1.29, 1.82) is 0 Å². The molecule has 8 heteroatoms.